The quantitative estimate of drug-likeness (QED) is 0.159. The Balaban J connectivity index is 1.13. The fourth-order valence-corrected chi connectivity index (χ4v) is 7.01. The Morgan fingerprint density at radius 1 is 0.351 bits per heavy atom. The van der Waals surface area contributed by atoms with Crippen LogP contribution in [-0.2, 0) is 0 Å². The maximum atomic E-state index is 9.43. The maximum Gasteiger partial charge on any atom is 0.164 e. The fourth-order valence-electron chi connectivity index (χ4n) is 7.01. The van der Waals surface area contributed by atoms with E-state index in [9.17, 15) is 5.26 Å². The van der Waals surface area contributed by atoms with Crippen molar-refractivity contribution < 1.29 is 4.42 Å². The van der Waals surface area contributed by atoms with Crippen LogP contribution in [0.5, 0.6) is 0 Å². The van der Waals surface area contributed by atoms with Crippen LogP contribution in [0.4, 0.5) is 0 Å². The Bertz CT molecular complexity index is 3060. The highest BCUT2D eigenvalue weighted by Gasteiger charge is 2.20. The number of benzene rings is 7. The number of aromatic nitrogens is 6. The summed E-state index contributed by atoms with van der Waals surface area (Å²) in [5.74, 6) is 3.33. The minimum atomic E-state index is 0.515. The van der Waals surface area contributed by atoms with Gasteiger partial charge in [0.1, 0.15) is 11.2 Å². The van der Waals surface area contributed by atoms with Gasteiger partial charge in [0.25, 0.3) is 0 Å². The van der Waals surface area contributed by atoms with E-state index in [0.717, 1.165) is 60.9 Å². The van der Waals surface area contributed by atoms with E-state index in [0.29, 0.717) is 46.1 Å². The van der Waals surface area contributed by atoms with E-state index in [1.54, 1.807) is 6.07 Å². The van der Waals surface area contributed by atoms with Crippen LogP contribution in [-0.4, -0.2) is 29.9 Å². The largest absolute Gasteiger partial charge is 0.456 e. The second-order valence-corrected chi connectivity index (χ2v) is 13.5. The average molecular weight is 732 g/mol. The average Bonchev–Trinajstić information content (AvgIpc) is 3.68. The summed E-state index contributed by atoms with van der Waals surface area (Å²) in [4.78, 5) is 30.0. The van der Waals surface area contributed by atoms with Gasteiger partial charge < -0.3 is 4.42 Å². The van der Waals surface area contributed by atoms with Gasteiger partial charge in [-0.25, -0.2) is 29.9 Å². The number of nitriles is 1. The first kappa shape index (κ1) is 33.4. The zero-order chi connectivity index (χ0) is 38.1. The van der Waals surface area contributed by atoms with Crippen molar-refractivity contribution in [3.8, 4) is 85.5 Å². The van der Waals surface area contributed by atoms with Crippen molar-refractivity contribution in [3.05, 3.63) is 181 Å². The van der Waals surface area contributed by atoms with Gasteiger partial charge in [-0.05, 0) is 47.5 Å². The van der Waals surface area contributed by atoms with Crippen molar-refractivity contribution in [2.24, 2.45) is 0 Å². The minimum absolute atomic E-state index is 0.515. The van der Waals surface area contributed by atoms with Crippen LogP contribution in [0.15, 0.2) is 180 Å². The maximum absolute atomic E-state index is 9.43. The van der Waals surface area contributed by atoms with Gasteiger partial charge in [-0.15, -0.1) is 0 Å². The van der Waals surface area contributed by atoms with Gasteiger partial charge in [0.2, 0.25) is 0 Å². The second kappa shape index (κ2) is 14.3. The molecule has 266 valence electrons. The van der Waals surface area contributed by atoms with Gasteiger partial charge in [-0.1, -0.05) is 140 Å². The van der Waals surface area contributed by atoms with E-state index in [-0.39, 0.29) is 0 Å². The normalized spacial score (nSPS) is 11.1. The summed E-state index contributed by atoms with van der Waals surface area (Å²) in [6.45, 7) is 0. The number of fused-ring (bicyclic) bond motifs is 3. The van der Waals surface area contributed by atoms with Gasteiger partial charge in [0.15, 0.2) is 34.9 Å². The summed E-state index contributed by atoms with van der Waals surface area (Å²) in [6.07, 6.45) is 0. The molecule has 3 heterocycles. The molecule has 0 spiro atoms. The Kier molecular flexibility index (Phi) is 8.36. The van der Waals surface area contributed by atoms with Crippen molar-refractivity contribution in [2.45, 2.75) is 0 Å². The van der Waals surface area contributed by atoms with E-state index in [2.05, 4.69) is 12.1 Å². The third-order valence-electron chi connectivity index (χ3n) is 9.83. The smallest absolute Gasteiger partial charge is 0.164 e. The molecule has 8 nitrogen and oxygen atoms in total. The first-order valence-electron chi connectivity index (χ1n) is 18.4. The minimum Gasteiger partial charge on any atom is -0.456 e. The molecule has 0 aliphatic heterocycles. The highest BCUT2D eigenvalue weighted by molar-refractivity contribution is 6.12. The molecule has 0 radical (unpaired) electrons. The lowest BCUT2D eigenvalue weighted by Crippen LogP contribution is -2.00. The Hall–Kier alpha value is -8.15. The Labute approximate surface area is 327 Å². The fraction of sp³-hybridized carbons (Fsp3) is 0. The summed E-state index contributed by atoms with van der Waals surface area (Å²) in [5, 5.41) is 11.2. The third kappa shape index (κ3) is 6.45. The molecule has 7 aromatic carbocycles. The molecule has 10 aromatic rings. The predicted octanol–water partition coefficient (Wildman–Crippen LogP) is 11.5. The van der Waals surface area contributed by atoms with Crippen molar-refractivity contribution in [3.63, 3.8) is 0 Å². The summed E-state index contributed by atoms with van der Waals surface area (Å²) >= 11 is 0. The first-order valence-corrected chi connectivity index (χ1v) is 18.4. The van der Waals surface area contributed by atoms with Crippen LogP contribution in [0.3, 0.4) is 0 Å². The molecule has 10 rings (SSSR count). The number of hydrogen-bond donors (Lipinski definition) is 0. The summed E-state index contributed by atoms with van der Waals surface area (Å²) in [5.41, 5.74) is 9.12. The highest BCUT2D eigenvalue weighted by atomic mass is 16.3. The van der Waals surface area contributed by atoms with Crippen LogP contribution in [0, 0.1) is 11.3 Å². The Morgan fingerprint density at radius 2 is 0.807 bits per heavy atom. The summed E-state index contributed by atoms with van der Waals surface area (Å²) < 4.78 is 6.45. The number of hydrogen-bond acceptors (Lipinski definition) is 8. The van der Waals surface area contributed by atoms with Gasteiger partial charge in [-0.3, -0.25) is 0 Å². The van der Waals surface area contributed by atoms with Crippen molar-refractivity contribution in [2.75, 3.05) is 0 Å². The third-order valence-corrected chi connectivity index (χ3v) is 9.83. The van der Waals surface area contributed by atoms with Crippen LogP contribution in [0.1, 0.15) is 5.56 Å². The zero-order valence-corrected chi connectivity index (χ0v) is 30.3. The van der Waals surface area contributed by atoms with Crippen LogP contribution in [0.2, 0.25) is 0 Å². The number of nitrogens with zero attached hydrogens (tertiary/aromatic N) is 7. The van der Waals surface area contributed by atoms with Crippen molar-refractivity contribution >= 4 is 21.9 Å². The van der Waals surface area contributed by atoms with Crippen LogP contribution in [0.25, 0.3) is 101 Å². The van der Waals surface area contributed by atoms with E-state index in [1.165, 1.54) is 0 Å². The van der Waals surface area contributed by atoms with Crippen LogP contribution >= 0.6 is 0 Å². The number of furan rings is 1. The SMILES string of the molecule is N#Cc1cccc(-c2ccc(-c3nc(-c4ccccc4)nc(-c4cccc5oc6ccc(-c7nc(-c8ccccc8)nc(-c8ccccc8)n7)cc6c45)n3)cc2)c1. The molecule has 0 saturated carbocycles. The highest BCUT2D eigenvalue weighted by Crippen LogP contribution is 2.38. The topological polar surface area (TPSA) is 114 Å². The molecule has 0 unspecified atom stereocenters. The molecule has 0 aliphatic rings. The lowest BCUT2D eigenvalue weighted by atomic mass is 10.0. The predicted molar refractivity (Wildman–Crippen MR) is 223 cm³/mol. The molecular weight excluding hydrogens is 703 g/mol. The van der Waals surface area contributed by atoms with Gasteiger partial charge in [0, 0.05) is 44.2 Å². The molecule has 3 aromatic heterocycles. The monoisotopic (exact) mass is 731 g/mol. The van der Waals surface area contributed by atoms with Gasteiger partial charge >= 0.3 is 0 Å². The molecular formula is C49H29N7O. The summed E-state index contributed by atoms with van der Waals surface area (Å²) in [6, 6.07) is 59.6. The Morgan fingerprint density at radius 3 is 1.37 bits per heavy atom. The molecule has 0 N–H and O–H groups in total. The van der Waals surface area contributed by atoms with E-state index < -0.39 is 0 Å². The molecule has 0 saturated heterocycles. The van der Waals surface area contributed by atoms with Crippen molar-refractivity contribution in [1.29, 1.82) is 5.26 Å². The van der Waals surface area contributed by atoms with E-state index >= 15 is 0 Å². The van der Waals surface area contributed by atoms with Gasteiger partial charge in [-0.2, -0.15) is 5.26 Å². The zero-order valence-electron chi connectivity index (χ0n) is 30.3. The molecule has 57 heavy (non-hydrogen) atoms. The van der Waals surface area contributed by atoms with E-state index in [1.807, 2.05) is 164 Å². The molecule has 8 heteroatoms. The molecule has 0 fully saturated rings. The van der Waals surface area contributed by atoms with Crippen molar-refractivity contribution in [1.82, 2.24) is 29.9 Å². The second-order valence-electron chi connectivity index (χ2n) is 13.5. The lowest BCUT2D eigenvalue weighted by Gasteiger charge is -2.10. The van der Waals surface area contributed by atoms with E-state index in [4.69, 9.17) is 34.3 Å². The molecule has 0 amide bonds. The lowest BCUT2D eigenvalue weighted by molar-refractivity contribution is 0.669. The number of rotatable bonds is 7. The molecule has 0 bridgehead atoms. The van der Waals surface area contributed by atoms with Gasteiger partial charge in [0.05, 0.1) is 11.6 Å². The molecule has 0 aliphatic carbocycles. The van der Waals surface area contributed by atoms with Crippen LogP contribution < -0.4 is 0 Å². The standard InChI is InChI=1S/C49H29N7O/c50-30-31-12-10-19-37(28-31)32-22-24-36(25-23-32)47-52-46(35-17-8-3-9-18-35)55-49(56-47)39-20-11-21-42-43(39)40-29-38(26-27-41(40)57-42)48-53-44(33-13-4-1-5-14-33)51-45(54-48)34-15-6-2-7-16-34/h1-29H. The first-order chi connectivity index (χ1) is 28.2. The summed E-state index contributed by atoms with van der Waals surface area (Å²) in [7, 11) is 0. The molecule has 0 atom stereocenters.